The van der Waals surface area contributed by atoms with Crippen LogP contribution in [0, 0.1) is 6.92 Å². The molecule has 1 heterocycles. The predicted molar refractivity (Wildman–Crippen MR) is 78.6 cm³/mol. The standard InChI is InChI=1S/C15H19N3O3/c1-11-4-6-12(7-5-11)17-15(21)14(20)16-10-13(19)18-8-2-3-9-18/h4-7H,2-3,8-10H2,1H3,(H,16,20)(H,17,21). The summed E-state index contributed by atoms with van der Waals surface area (Å²) in [6, 6.07) is 7.11. The molecule has 1 saturated heterocycles. The fraction of sp³-hybridized carbons (Fsp3) is 0.400. The third kappa shape index (κ3) is 4.30. The Bertz CT molecular complexity index is 534. The number of hydrogen-bond acceptors (Lipinski definition) is 3. The number of rotatable bonds is 3. The van der Waals surface area contributed by atoms with E-state index in [1.54, 1.807) is 17.0 Å². The number of anilines is 1. The van der Waals surface area contributed by atoms with Crippen LogP contribution in [-0.2, 0) is 14.4 Å². The van der Waals surface area contributed by atoms with Gasteiger partial charge in [0.05, 0.1) is 6.54 Å². The van der Waals surface area contributed by atoms with Gasteiger partial charge in [-0.3, -0.25) is 14.4 Å². The molecule has 0 unspecified atom stereocenters. The van der Waals surface area contributed by atoms with Crippen LogP contribution in [0.4, 0.5) is 5.69 Å². The second-order valence-electron chi connectivity index (χ2n) is 5.09. The highest BCUT2D eigenvalue weighted by atomic mass is 16.2. The molecule has 6 heteroatoms. The molecule has 0 aliphatic carbocycles. The Labute approximate surface area is 123 Å². The lowest BCUT2D eigenvalue weighted by Crippen LogP contribution is -2.42. The van der Waals surface area contributed by atoms with Gasteiger partial charge in [-0.1, -0.05) is 17.7 Å². The number of benzene rings is 1. The third-order valence-electron chi connectivity index (χ3n) is 3.37. The van der Waals surface area contributed by atoms with Gasteiger partial charge in [0.15, 0.2) is 0 Å². The van der Waals surface area contributed by atoms with Gasteiger partial charge in [-0.15, -0.1) is 0 Å². The van der Waals surface area contributed by atoms with Crippen LogP contribution in [0.5, 0.6) is 0 Å². The molecule has 0 spiro atoms. The highest BCUT2D eigenvalue weighted by Crippen LogP contribution is 2.08. The molecule has 1 aromatic carbocycles. The molecule has 6 nitrogen and oxygen atoms in total. The molecule has 3 amide bonds. The minimum atomic E-state index is -0.803. The van der Waals surface area contributed by atoms with Crippen LogP contribution in [0.15, 0.2) is 24.3 Å². The number of nitrogens with one attached hydrogen (secondary N) is 2. The Balaban J connectivity index is 1.78. The first-order valence-corrected chi connectivity index (χ1v) is 7.00. The lowest BCUT2D eigenvalue weighted by atomic mass is 10.2. The number of carbonyl (C=O) groups is 3. The quantitative estimate of drug-likeness (QED) is 0.803. The summed E-state index contributed by atoms with van der Waals surface area (Å²) in [6.07, 6.45) is 1.99. The van der Waals surface area contributed by atoms with Crippen LogP contribution in [0.25, 0.3) is 0 Å². The lowest BCUT2D eigenvalue weighted by molar-refractivity contribution is -0.138. The molecule has 0 aromatic heterocycles. The van der Waals surface area contributed by atoms with Crippen molar-refractivity contribution < 1.29 is 14.4 Å². The number of carbonyl (C=O) groups excluding carboxylic acids is 3. The van der Waals surface area contributed by atoms with E-state index >= 15 is 0 Å². The van der Waals surface area contributed by atoms with E-state index in [2.05, 4.69) is 10.6 Å². The van der Waals surface area contributed by atoms with Crippen molar-refractivity contribution in [3.8, 4) is 0 Å². The molecule has 1 fully saturated rings. The summed E-state index contributed by atoms with van der Waals surface area (Å²) in [4.78, 5) is 36.8. The van der Waals surface area contributed by atoms with Crippen LogP contribution >= 0.6 is 0 Å². The Morgan fingerprint density at radius 2 is 1.67 bits per heavy atom. The van der Waals surface area contributed by atoms with E-state index in [1.165, 1.54) is 0 Å². The first-order valence-electron chi connectivity index (χ1n) is 7.00. The van der Waals surface area contributed by atoms with Crippen molar-refractivity contribution in [3.63, 3.8) is 0 Å². The molecule has 112 valence electrons. The van der Waals surface area contributed by atoms with E-state index in [9.17, 15) is 14.4 Å². The Hall–Kier alpha value is -2.37. The first-order chi connectivity index (χ1) is 10.1. The normalized spacial score (nSPS) is 13.9. The van der Waals surface area contributed by atoms with Gasteiger partial charge in [0.25, 0.3) is 0 Å². The van der Waals surface area contributed by atoms with Crippen molar-refractivity contribution in [2.24, 2.45) is 0 Å². The first kappa shape index (κ1) is 15.0. The van der Waals surface area contributed by atoms with Crippen molar-refractivity contribution in [1.29, 1.82) is 0 Å². The summed E-state index contributed by atoms with van der Waals surface area (Å²) in [5, 5.41) is 4.83. The van der Waals surface area contributed by atoms with Crippen molar-refractivity contribution in [1.82, 2.24) is 10.2 Å². The second-order valence-corrected chi connectivity index (χ2v) is 5.09. The minimum Gasteiger partial charge on any atom is -0.341 e. The zero-order valence-electron chi connectivity index (χ0n) is 12.0. The molecular formula is C15H19N3O3. The van der Waals surface area contributed by atoms with Crippen LogP contribution in [0.1, 0.15) is 18.4 Å². The van der Waals surface area contributed by atoms with Gasteiger partial charge in [-0.25, -0.2) is 0 Å². The van der Waals surface area contributed by atoms with Crippen molar-refractivity contribution >= 4 is 23.4 Å². The van der Waals surface area contributed by atoms with Gasteiger partial charge < -0.3 is 15.5 Å². The molecule has 21 heavy (non-hydrogen) atoms. The number of nitrogens with zero attached hydrogens (tertiary/aromatic N) is 1. The monoisotopic (exact) mass is 289 g/mol. The predicted octanol–water partition coefficient (Wildman–Crippen LogP) is 0.672. The van der Waals surface area contributed by atoms with Crippen LogP contribution in [0.3, 0.4) is 0 Å². The van der Waals surface area contributed by atoms with Gasteiger partial charge >= 0.3 is 11.8 Å². The molecule has 1 aliphatic rings. The van der Waals surface area contributed by atoms with Gasteiger partial charge in [-0.2, -0.15) is 0 Å². The average molecular weight is 289 g/mol. The van der Waals surface area contributed by atoms with Gasteiger partial charge in [0, 0.05) is 18.8 Å². The summed E-state index contributed by atoms with van der Waals surface area (Å²) in [5.41, 5.74) is 1.61. The Morgan fingerprint density at radius 3 is 2.29 bits per heavy atom. The third-order valence-corrected chi connectivity index (χ3v) is 3.37. The van der Waals surface area contributed by atoms with Gasteiger partial charge in [0.2, 0.25) is 5.91 Å². The maximum absolute atomic E-state index is 11.7. The lowest BCUT2D eigenvalue weighted by Gasteiger charge is -2.15. The molecule has 1 aromatic rings. The SMILES string of the molecule is Cc1ccc(NC(=O)C(=O)NCC(=O)N2CCCC2)cc1. The van der Waals surface area contributed by atoms with E-state index < -0.39 is 11.8 Å². The Morgan fingerprint density at radius 1 is 1.05 bits per heavy atom. The molecule has 0 saturated carbocycles. The summed E-state index contributed by atoms with van der Waals surface area (Å²) in [7, 11) is 0. The maximum atomic E-state index is 11.7. The largest absolute Gasteiger partial charge is 0.341 e. The molecule has 2 N–H and O–H groups in total. The topological polar surface area (TPSA) is 78.5 Å². The second kappa shape index (κ2) is 6.88. The Kier molecular flexibility index (Phi) is 4.92. The summed E-state index contributed by atoms with van der Waals surface area (Å²) >= 11 is 0. The fourth-order valence-corrected chi connectivity index (χ4v) is 2.14. The smallest absolute Gasteiger partial charge is 0.313 e. The summed E-state index contributed by atoms with van der Waals surface area (Å²) < 4.78 is 0. The molecular weight excluding hydrogens is 270 g/mol. The molecule has 0 bridgehead atoms. The van der Waals surface area contributed by atoms with Crippen molar-refractivity contribution in [2.75, 3.05) is 25.0 Å². The van der Waals surface area contributed by atoms with Gasteiger partial charge in [0.1, 0.15) is 0 Å². The number of hydrogen-bond donors (Lipinski definition) is 2. The maximum Gasteiger partial charge on any atom is 0.313 e. The van der Waals surface area contributed by atoms with E-state index in [0.717, 1.165) is 31.5 Å². The van der Waals surface area contributed by atoms with Gasteiger partial charge in [-0.05, 0) is 31.9 Å². The minimum absolute atomic E-state index is 0.139. The van der Waals surface area contributed by atoms with E-state index in [0.29, 0.717) is 5.69 Å². The van der Waals surface area contributed by atoms with E-state index in [1.807, 2.05) is 19.1 Å². The molecule has 1 aliphatic heterocycles. The highest BCUT2D eigenvalue weighted by molar-refractivity contribution is 6.39. The zero-order valence-corrected chi connectivity index (χ0v) is 12.0. The molecule has 0 radical (unpaired) electrons. The van der Waals surface area contributed by atoms with Crippen LogP contribution < -0.4 is 10.6 Å². The fourth-order valence-electron chi connectivity index (χ4n) is 2.14. The average Bonchev–Trinajstić information content (AvgIpc) is 3.01. The zero-order chi connectivity index (χ0) is 15.2. The van der Waals surface area contributed by atoms with E-state index in [-0.39, 0.29) is 12.5 Å². The van der Waals surface area contributed by atoms with Crippen molar-refractivity contribution in [3.05, 3.63) is 29.8 Å². The van der Waals surface area contributed by atoms with Crippen LogP contribution in [-0.4, -0.2) is 42.3 Å². The summed E-state index contributed by atoms with van der Waals surface area (Å²) in [6.45, 7) is 3.25. The molecule has 2 rings (SSSR count). The van der Waals surface area contributed by atoms with E-state index in [4.69, 9.17) is 0 Å². The van der Waals surface area contributed by atoms with Crippen molar-refractivity contribution in [2.45, 2.75) is 19.8 Å². The molecule has 0 atom stereocenters. The number of likely N-dealkylation sites (tertiary alicyclic amines) is 1. The highest BCUT2D eigenvalue weighted by Gasteiger charge is 2.20. The number of aryl methyl sites for hydroxylation is 1. The van der Waals surface area contributed by atoms with Crippen LogP contribution in [0.2, 0.25) is 0 Å². The number of amides is 3. The summed E-state index contributed by atoms with van der Waals surface area (Å²) in [5.74, 6) is -1.72.